The highest BCUT2D eigenvalue weighted by Gasteiger charge is 2.39. The van der Waals surface area contributed by atoms with Crippen LogP contribution in [0.3, 0.4) is 0 Å². The molecule has 6 N–H and O–H groups in total. The maximum atomic E-state index is 13.9. The Kier molecular flexibility index (Phi) is 17.2. The van der Waals surface area contributed by atoms with Gasteiger partial charge in [0.15, 0.2) is 11.6 Å². The number of carboxylic acid groups (broad SMARTS) is 2. The molecule has 2 aliphatic rings. The fourth-order valence-corrected chi connectivity index (χ4v) is 8.17. The van der Waals surface area contributed by atoms with E-state index in [-0.39, 0.29) is 79.2 Å². The van der Waals surface area contributed by atoms with Gasteiger partial charge >= 0.3 is 11.9 Å². The number of pyridine rings is 1. The van der Waals surface area contributed by atoms with Crippen LogP contribution in [0.15, 0.2) is 79.3 Å². The molecule has 0 bridgehead atoms. The normalized spacial score (nSPS) is 20.9. The molecule has 3 heterocycles. The molecule has 0 spiro atoms. The topological polar surface area (TPSA) is 266 Å². The van der Waals surface area contributed by atoms with Crippen molar-refractivity contribution in [2.24, 2.45) is 0 Å². The van der Waals surface area contributed by atoms with Crippen LogP contribution in [0.1, 0.15) is 90.5 Å². The van der Waals surface area contributed by atoms with E-state index in [1.807, 2.05) is 52.0 Å². The van der Waals surface area contributed by atoms with E-state index in [2.05, 4.69) is 62.5 Å². The van der Waals surface area contributed by atoms with E-state index in [0.29, 0.717) is 35.9 Å². The summed E-state index contributed by atoms with van der Waals surface area (Å²) in [5, 5.41) is 40.9. The van der Waals surface area contributed by atoms with Crippen molar-refractivity contribution in [2.75, 3.05) is 0 Å². The van der Waals surface area contributed by atoms with Crippen LogP contribution in [-0.4, -0.2) is 108 Å². The lowest BCUT2D eigenvalue weighted by atomic mass is 9.87. The fraction of sp³-hybridized carbons (Fsp3) is 0.489. The van der Waals surface area contributed by atoms with Crippen LogP contribution in [-0.2, 0) is 48.2 Å². The predicted molar refractivity (Wildman–Crippen MR) is 239 cm³/mol. The fourth-order valence-electron chi connectivity index (χ4n) is 7.90. The third-order valence-corrected chi connectivity index (χ3v) is 11.9. The molecule has 0 radical (unpaired) electrons. The highest BCUT2D eigenvalue weighted by atomic mass is 79.9. The summed E-state index contributed by atoms with van der Waals surface area (Å²) in [6.07, 6.45) is 4.25. The monoisotopic (exact) mass is 961 g/mol. The summed E-state index contributed by atoms with van der Waals surface area (Å²) >= 11 is 3.42. The Hall–Kier alpha value is -5.67. The minimum atomic E-state index is -1.08. The van der Waals surface area contributed by atoms with Gasteiger partial charge in [0.2, 0.25) is 11.8 Å². The van der Waals surface area contributed by atoms with Gasteiger partial charge in [-0.2, -0.15) is 9.97 Å². The van der Waals surface area contributed by atoms with Crippen molar-refractivity contribution in [1.82, 2.24) is 46.5 Å². The second-order valence-corrected chi connectivity index (χ2v) is 16.9. The molecule has 6 atom stereocenters. The van der Waals surface area contributed by atoms with Crippen LogP contribution in [0, 0.1) is 0 Å². The maximum absolute atomic E-state index is 13.9. The van der Waals surface area contributed by atoms with Crippen molar-refractivity contribution < 1.29 is 47.9 Å². The van der Waals surface area contributed by atoms with E-state index in [1.54, 1.807) is 30.4 Å². The molecule has 2 aliphatic carbocycles. The first-order chi connectivity index (χ1) is 31.3. The summed E-state index contributed by atoms with van der Waals surface area (Å²) in [7, 11) is 0. The summed E-state index contributed by atoms with van der Waals surface area (Å²) < 4.78 is 24.7. The first kappa shape index (κ1) is 48.8. The van der Waals surface area contributed by atoms with E-state index < -0.39 is 48.3 Å². The van der Waals surface area contributed by atoms with Gasteiger partial charge in [-0.05, 0) is 87.1 Å². The molecule has 65 heavy (non-hydrogen) atoms. The number of carbonyl (C=O) groups excluding carboxylic acids is 2. The van der Waals surface area contributed by atoms with Crippen LogP contribution >= 0.6 is 15.9 Å². The Balaban J connectivity index is 1.15. The molecule has 348 valence electrons. The van der Waals surface area contributed by atoms with Crippen LogP contribution < -0.4 is 21.3 Å². The number of nitrogens with zero attached hydrogens (tertiary/aromatic N) is 5. The molecule has 20 heteroatoms. The van der Waals surface area contributed by atoms with E-state index >= 15 is 0 Å². The molecule has 1 aromatic carbocycles. The van der Waals surface area contributed by atoms with Crippen LogP contribution in [0.2, 0.25) is 0 Å². The Bertz CT molecular complexity index is 2330. The van der Waals surface area contributed by atoms with Gasteiger partial charge in [0.25, 0.3) is 11.8 Å². The zero-order valence-corrected chi connectivity index (χ0v) is 38.5. The third kappa shape index (κ3) is 13.2. The minimum absolute atomic E-state index is 0.0742. The summed E-state index contributed by atoms with van der Waals surface area (Å²) in [6.45, 7) is 9.54. The average molecular weight is 963 g/mol. The van der Waals surface area contributed by atoms with Gasteiger partial charge in [0, 0.05) is 40.2 Å². The number of ether oxygens (including phenoxy) is 2. The van der Waals surface area contributed by atoms with Crippen molar-refractivity contribution in [3.63, 3.8) is 0 Å². The lowest BCUT2D eigenvalue weighted by Gasteiger charge is -2.38. The van der Waals surface area contributed by atoms with Gasteiger partial charge < -0.3 is 50.0 Å². The van der Waals surface area contributed by atoms with E-state index in [1.165, 1.54) is 6.92 Å². The Morgan fingerprint density at radius 2 is 1.23 bits per heavy atom. The lowest BCUT2D eigenvalue weighted by molar-refractivity contribution is -0.134. The number of rotatable bonds is 22. The number of benzene rings is 1. The number of hydrogen-bond donors (Lipinski definition) is 6. The number of carboxylic acids is 2. The average Bonchev–Trinajstić information content (AvgIpc) is 3.98. The Morgan fingerprint density at radius 1 is 0.723 bits per heavy atom. The number of amides is 2. The van der Waals surface area contributed by atoms with Crippen molar-refractivity contribution in [1.29, 1.82) is 0 Å². The minimum Gasteiger partial charge on any atom is -0.478 e. The van der Waals surface area contributed by atoms with Crippen molar-refractivity contribution in [3.05, 3.63) is 87.6 Å². The molecular weight excluding hydrogens is 906 g/mol. The van der Waals surface area contributed by atoms with Gasteiger partial charge in [-0.15, -0.1) is 0 Å². The van der Waals surface area contributed by atoms with Gasteiger partial charge in [-0.25, -0.2) is 14.6 Å². The van der Waals surface area contributed by atoms with E-state index in [0.717, 1.165) is 22.9 Å². The Labute approximate surface area is 384 Å². The smallest absolute Gasteiger partial charge is 0.331 e. The third-order valence-electron chi connectivity index (χ3n) is 11.4. The van der Waals surface area contributed by atoms with Crippen molar-refractivity contribution in [3.8, 4) is 23.0 Å². The quantitative estimate of drug-likeness (QED) is 0.0600. The number of nitrogens with one attached hydrogen (secondary N) is 4. The molecule has 6 rings (SSSR count). The molecule has 3 aromatic heterocycles. The first-order valence-corrected chi connectivity index (χ1v) is 22.7. The molecule has 0 saturated carbocycles. The summed E-state index contributed by atoms with van der Waals surface area (Å²) in [6, 6.07) is 10.1. The van der Waals surface area contributed by atoms with E-state index in [4.69, 9.17) is 18.5 Å². The highest BCUT2D eigenvalue weighted by molar-refractivity contribution is 9.10. The molecule has 0 saturated heterocycles. The molecule has 2 amide bonds. The molecule has 0 fully saturated rings. The van der Waals surface area contributed by atoms with Gasteiger partial charge in [0.1, 0.15) is 5.69 Å². The SMILES string of the molecule is CCC(CC)O[C@@H]1C=C(C(=O)O)C[C@H](NCc2noc(-c3cccc(CC(=O)N[C@@H]4[C@@H](NCc5noc(-c6ccc(Br)cc6)n5)CC(C(=O)O)=C[C@H]4OC(CC)CC)n3)n2)[C@H]1NC(C)=O. The predicted octanol–water partition coefficient (Wildman–Crippen LogP) is 5.07. The van der Waals surface area contributed by atoms with Gasteiger partial charge in [-0.1, -0.05) is 60.0 Å². The largest absolute Gasteiger partial charge is 0.478 e. The van der Waals surface area contributed by atoms with Gasteiger partial charge in [0.05, 0.1) is 61.7 Å². The highest BCUT2D eigenvalue weighted by Crippen LogP contribution is 2.28. The number of carbonyl (C=O) groups is 4. The summed E-state index contributed by atoms with van der Waals surface area (Å²) in [4.78, 5) is 64.3. The zero-order chi connectivity index (χ0) is 46.6. The molecule has 0 aliphatic heterocycles. The first-order valence-electron chi connectivity index (χ1n) is 21.9. The number of aromatic nitrogens is 5. The summed E-state index contributed by atoms with van der Waals surface area (Å²) in [5.41, 5.74) is 1.78. The second-order valence-electron chi connectivity index (χ2n) is 16.0. The van der Waals surface area contributed by atoms with Gasteiger partial charge in [-0.3, -0.25) is 9.59 Å². The zero-order valence-electron chi connectivity index (χ0n) is 37.0. The second kappa shape index (κ2) is 23.0. The lowest BCUT2D eigenvalue weighted by Crippen LogP contribution is -2.59. The Morgan fingerprint density at radius 3 is 1.74 bits per heavy atom. The number of halogens is 1. The summed E-state index contributed by atoms with van der Waals surface area (Å²) in [5.74, 6) is -1.79. The molecular formula is C45H56BrN9O10. The number of hydrogen-bond acceptors (Lipinski definition) is 15. The standard InChI is InChI=1S/C45H56BrN9O10/c1-6-30(7-2)62-35-19-26(44(58)59)17-33(40(35)49-24(5)56)47-23-38-52-43(65-55-38)32-12-10-11-29(50-32)21-39(57)53-41-34(18-27(45(60)61)20-36(41)63-31(8-3)9-4)48-22-37-51-42(64-54-37)25-13-15-28(46)16-14-25/h10-16,19-20,30-31,33-36,40-41,47-48H,6-9,17-18,21-23H2,1-5H3,(H,49,56)(H,53,57)(H,58,59)(H,60,61)/t33-,34-,35+,36+,40+,41+/m0/s1. The number of aliphatic carboxylic acids is 2. The van der Waals surface area contributed by atoms with Crippen molar-refractivity contribution in [2.45, 2.75) is 141 Å². The molecule has 0 unspecified atom stereocenters. The van der Waals surface area contributed by atoms with Crippen LogP contribution in [0.25, 0.3) is 23.0 Å². The van der Waals surface area contributed by atoms with E-state index in [9.17, 15) is 29.4 Å². The van der Waals surface area contributed by atoms with Crippen LogP contribution in [0.4, 0.5) is 0 Å². The molecule has 19 nitrogen and oxygen atoms in total. The molecule has 4 aromatic rings. The van der Waals surface area contributed by atoms with Crippen LogP contribution in [0.5, 0.6) is 0 Å². The maximum Gasteiger partial charge on any atom is 0.331 e. The van der Waals surface area contributed by atoms with Crippen molar-refractivity contribution >= 4 is 39.7 Å².